The lowest BCUT2D eigenvalue weighted by Gasteiger charge is -2.34. The molecule has 0 spiro atoms. The fraction of sp³-hybridized carbons (Fsp3) is 0.500. The molecular weight excluding hydrogens is 456 g/mol. The van der Waals surface area contributed by atoms with Crippen molar-refractivity contribution in [2.75, 3.05) is 6.54 Å². The maximum absolute atomic E-state index is 13.2. The van der Waals surface area contributed by atoms with E-state index >= 15 is 0 Å². The van der Waals surface area contributed by atoms with Gasteiger partial charge in [0, 0.05) is 13.0 Å². The molecule has 1 aliphatic heterocycles. The standard InChI is InChI=1S/C24H32N4O5S/c1-13(15-6-8-16(9-7-15)19-14(2)25-12-34-19)26-21(30)18-10-17(29)11-28(18)22(31)20(24(3,4)5)27-23(32)33/h6-9,12-13,17-18,20,27,29H,10-11H2,1-5H3,(H,26,30)(H,32,33)/t13-,17-,18-,20+/m0/s1. The monoisotopic (exact) mass is 488 g/mol. The zero-order chi connectivity index (χ0) is 25.2. The molecule has 1 aromatic heterocycles. The number of aryl methyl sites for hydroxylation is 1. The number of amides is 3. The van der Waals surface area contributed by atoms with Gasteiger partial charge in [0.25, 0.3) is 0 Å². The maximum atomic E-state index is 13.2. The Bertz CT molecular complexity index is 1050. The van der Waals surface area contributed by atoms with Crippen molar-refractivity contribution < 1.29 is 24.6 Å². The fourth-order valence-corrected chi connectivity index (χ4v) is 4.95. The number of rotatable bonds is 6. The van der Waals surface area contributed by atoms with Crippen molar-refractivity contribution in [1.82, 2.24) is 20.5 Å². The van der Waals surface area contributed by atoms with E-state index < -0.39 is 35.6 Å². The van der Waals surface area contributed by atoms with Crippen LogP contribution >= 0.6 is 11.3 Å². The maximum Gasteiger partial charge on any atom is 0.405 e. The van der Waals surface area contributed by atoms with Crippen LogP contribution in [0.1, 0.15) is 51.4 Å². The number of hydrogen-bond donors (Lipinski definition) is 4. The summed E-state index contributed by atoms with van der Waals surface area (Å²) in [6.45, 7) is 9.02. The van der Waals surface area contributed by atoms with Crippen LogP contribution in [0, 0.1) is 12.3 Å². The summed E-state index contributed by atoms with van der Waals surface area (Å²) in [5.41, 5.74) is 4.01. The molecule has 1 saturated heterocycles. The number of benzene rings is 1. The molecule has 34 heavy (non-hydrogen) atoms. The van der Waals surface area contributed by atoms with Gasteiger partial charge in [-0.3, -0.25) is 9.59 Å². The summed E-state index contributed by atoms with van der Waals surface area (Å²) in [6.07, 6.45) is -2.08. The molecule has 9 nitrogen and oxygen atoms in total. The molecule has 2 heterocycles. The van der Waals surface area contributed by atoms with Gasteiger partial charge in [0.05, 0.1) is 28.2 Å². The molecular formula is C24H32N4O5S. The van der Waals surface area contributed by atoms with Crippen LogP contribution in [0.25, 0.3) is 10.4 Å². The molecule has 10 heteroatoms. The van der Waals surface area contributed by atoms with Gasteiger partial charge >= 0.3 is 6.09 Å². The van der Waals surface area contributed by atoms with Gasteiger partial charge in [0.1, 0.15) is 12.1 Å². The Kier molecular flexibility index (Phi) is 7.62. The lowest BCUT2D eigenvalue weighted by molar-refractivity contribution is -0.142. The molecule has 0 saturated carbocycles. The Hall–Kier alpha value is -2.98. The minimum atomic E-state index is -1.32. The number of carbonyl (C=O) groups is 3. The Morgan fingerprint density at radius 3 is 2.35 bits per heavy atom. The highest BCUT2D eigenvalue weighted by atomic mass is 32.1. The Morgan fingerprint density at radius 1 is 1.18 bits per heavy atom. The molecule has 3 rings (SSSR count). The van der Waals surface area contributed by atoms with Crippen molar-refractivity contribution in [3.8, 4) is 10.4 Å². The van der Waals surface area contributed by atoms with Crippen molar-refractivity contribution in [3.05, 3.63) is 41.0 Å². The van der Waals surface area contributed by atoms with Gasteiger partial charge in [-0.25, -0.2) is 9.78 Å². The predicted octanol–water partition coefficient (Wildman–Crippen LogP) is 2.94. The van der Waals surface area contributed by atoms with Crippen molar-refractivity contribution in [2.45, 2.75) is 65.3 Å². The average Bonchev–Trinajstić information content (AvgIpc) is 3.36. The second kappa shape index (κ2) is 10.1. The lowest BCUT2D eigenvalue weighted by Crippen LogP contribution is -2.57. The normalized spacial score (nSPS) is 20.0. The van der Waals surface area contributed by atoms with Gasteiger partial charge in [-0.05, 0) is 30.4 Å². The van der Waals surface area contributed by atoms with Crippen molar-refractivity contribution in [1.29, 1.82) is 0 Å². The predicted molar refractivity (Wildman–Crippen MR) is 129 cm³/mol. The number of nitrogens with zero attached hydrogens (tertiary/aromatic N) is 2. The van der Waals surface area contributed by atoms with Crippen LogP contribution in [0.2, 0.25) is 0 Å². The summed E-state index contributed by atoms with van der Waals surface area (Å²) < 4.78 is 0. The SMILES string of the molecule is Cc1ncsc1-c1ccc([C@H](C)NC(=O)[C@@H]2C[C@H](O)CN2C(=O)[C@@H](NC(=O)O)C(C)(C)C)cc1. The van der Waals surface area contributed by atoms with Crippen molar-refractivity contribution in [2.24, 2.45) is 5.41 Å². The molecule has 0 bridgehead atoms. The van der Waals surface area contributed by atoms with Crippen LogP contribution in [0.5, 0.6) is 0 Å². The highest BCUT2D eigenvalue weighted by Crippen LogP contribution is 2.29. The van der Waals surface area contributed by atoms with Crippen LogP contribution in [0.3, 0.4) is 0 Å². The fourth-order valence-electron chi connectivity index (χ4n) is 4.14. The van der Waals surface area contributed by atoms with Gasteiger partial charge in [0.2, 0.25) is 11.8 Å². The molecule has 3 amide bonds. The third kappa shape index (κ3) is 5.74. The second-order valence-corrected chi connectivity index (χ2v) is 10.6. The van der Waals surface area contributed by atoms with Crippen LogP contribution in [0.4, 0.5) is 4.79 Å². The summed E-state index contributed by atoms with van der Waals surface area (Å²) in [5, 5.41) is 24.6. The van der Waals surface area contributed by atoms with Gasteiger partial charge in [-0.15, -0.1) is 11.3 Å². The van der Waals surface area contributed by atoms with Gasteiger partial charge < -0.3 is 25.7 Å². The van der Waals surface area contributed by atoms with Crippen LogP contribution in [-0.2, 0) is 9.59 Å². The first kappa shape index (κ1) is 25.6. The number of carboxylic acid groups (broad SMARTS) is 1. The molecule has 4 atom stereocenters. The zero-order valence-corrected chi connectivity index (χ0v) is 20.8. The zero-order valence-electron chi connectivity index (χ0n) is 20.0. The smallest absolute Gasteiger partial charge is 0.405 e. The first-order chi connectivity index (χ1) is 15.9. The van der Waals surface area contributed by atoms with Crippen molar-refractivity contribution >= 4 is 29.2 Å². The number of likely N-dealkylation sites (tertiary alicyclic amines) is 1. The topological polar surface area (TPSA) is 132 Å². The molecule has 1 fully saturated rings. The van der Waals surface area contributed by atoms with E-state index in [2.05, 4.69) is 15.6 Å². The summed E-state index contributed by atoms with van der Waals surface area (Å²) >= 11 is 1.57. The molecule has 4 N–H and O–H groups in total. The van der Waals surface area contributed by atoms with Gasteiger partial charge in [-0.1, -0.05) is 45.0 Å². The second-order valence-electron chi connectivity index (χ2n) is 9.76. The minimum absolute atomic E-state index is 0.0257. The molecule has 0 unspecified atom stereocenters. The van der Waals surface area contributed by atoms with E-state index in [-0.39, 0.29) is 24.9 Å². The summed E-state index contributed by atoms with van der Waals surface area (Å²) in [4.78, 5) is 44.3. The molecule has 1 aromatic carbocycles. The van der Waals surface area contributed by atoms with E-state index in [0.29, 0.717) is 0 Å². The van der Waals surface area contributed by atoms with E-state index in [1.54, 1.807) is 37.6 Å². The number of aliphatic hydroxyl groups excluding tert-OH is 1. The van der Waals surface area contributed by atoms with Crippen LogP contribution in [-0.4, -0.2) is 62.7 Å². The first-order valence-electron chi connectivity index (χ1n) is 11.2. The van der Waals surface area contributed by atoms with Gasteiger partial charge in [0.15, 0.2) is 0 Å². The number of carbonyl (C=O) groups excluding carboxylic acids is 2. The van der Waals surface area contributed by atoms with Crippen molar-refractivity contribution in [3.63, 3.8) is 0 Å². The van der Waals surface area contributed by atoms with E-state index in [4.69, 9.17) is 0 Å². The number of β-amino-alcohol motifs (C(OH)–C–C–N with tert-alkyl or cyclic N) is 1. The van der Waals surface area contributed by atoms with E-state index in [1.807, 2.05) is 38.1 Å². The summed E-state index contributed by atoms with van der Waals surface area (Å²) in [6, 6.07) is 5.60. The lowest BCUT2D eigenvalue weighted by atomic mass is 9.85. The number of hydrogen-bond acceptors (Lipinski definition) is 6. The average molecular weight is 489 g/mol. The van der Waals surface area contributed by atoms with Crippen LogP contribution in [0.15, 0.2) is 29.8 Å². The summed E-state index contributed by atoms with van der Waals surface area (Å²) in [7, 11) is 0. The third-order valence-corrected chi connectivity index (χ3v) is 7.00. The number of nitrogens with one attached hydrogen (secondary N) is 2. The van der Waals surface area contributed by atoms with Gasteiger partial charge in [-0.2, -0.15) is 0 Å². The van der Waals surface area contributed by atoms with Crippen LogP contribution < -0.4 is 10.6 Å². The van der Waals surface area contributed by atoms with E-state index in [1.165, 1.54) is 4.90 Å². The Balaban J connectivity index is 1.72. The molecule has 184 valence electrons. The third-order valence-electron chi connectivity index (χ3n) is 6.02. The number of thiazole rings is 1. The highest BCUT2D eigenvalue weighted by Gasteiger charge is 2.44. The largest absolute Gasteiger partial charge is 0.465 e. The molecule has 2 aromatic rings. The minimum Gasteiger partial charge on any atom is -0.465 e. The first-order valence-corrected chi connectivity index (χ1v) is 12.0. The highest BCUT2D eigenvalue weighted by molar-refractivity contribution is 7.13. The number of aliphatic hydroxyl groups is 1. The molecule has 0 radical (unpaired) electrons. The number of aromatic nitrogens is 1. The van der Waals surface area contributed by atoms with E-state index in [9.17, 15) is 24.6 Å². The Morgan fingerprint density at radius 2 is 1.82 bits per heavy atom. The molecule has 1 aliphatic rings. The van der Waals surface area contributed by atoms with E-state index in [0.717, 1.165) is 21.7 Å². The Labute approximate surface area is 203 Å². The summed E-state index contributed by atoms with van der Waals surface area (Å²) in [5.74, 6) is -0.911. The quantitative estimate of drug-likeness (QED) is 0.494. The molecule has 0 aliphatic carbocycles.